The molecule has 0 saturated carbocycles. The molecule has 0 fully saturated rings. The van der Waals surface area contributed by atoms with Crippen LogP contribution < -0.4 is 0 Å². The molecule has 82 valence electrons. The average molecular weight is 200 g/mol. The molecule has 0 aliphatic carbocycles. The van der Waals surface area contributed by atoms with Gasteiger partial charge in [-0.25, -0.2) is 4.79 Å². The van der Waals surface area contributed by atoms with E-state index < -0.39 is 0 Å². The van der Waals surface area contributed by atoms with Crippen LogP contribution in [0.2, 0.25) is 0 Å². The Hall–Kier alpha value is -0.830. The Kier molecular flexibility index (Phi) is 6.21. The van der Waals surface area contributed by atoms with Gasteiger partial charge < -0.3 is 9.22 Å². The molecule has 0 aromatic carbocycles. The van der Waals surface area contributed by atoms with Crippen LogP contribution in [-0.4, -0.2) is 43.7 Å². The number of likely N-dealkylation sites (N-methyl/N-ethyl adjacent to an activating group) is 1. The molecule has 0 heterocycles. The van der Waals surface area contributed by atoms with Gasteiger partial charge in [-0.3, -0.25) is 0 Å². The highest BCUT2D eigenvalue weighted by atomic mass is 16.5. The Balaban J connectivity index is 3.77. The van der Waals surface area contributed by atoms with E-state index in [1.54, 1.807) is 13.0 Å². The molecule has 0 atom stereocenters. The molecule has 0 N–H and O–H groups in total. The van der Waals surface area contributed by atoms with Gasteiger partial charge in [0.05, 0.1) is 20.1 Å². The number of hydrogen-bond acceptors (Lipinski definition) is 2. The molecule has 0 saturated heterocycles. The molecule has 0 aromatic rings. The van der Waals surface area contributed by atoms with Crippen LogP contribution in [0, 0.1) is 0 Å². The van der Waals surface area contributed by atoms with Crippen molar-refractivity contribution >= 4 is 5.97 Å². The van der Waals surface area contributed by atoms with E-state index in [1.807, 2.05) is 0 Å². The summed E-state index contributed by atoms with van der Waals surface area (Å²) < 4.78 is 5.99. The summed E-state index contributed by atoms with van der Waals surface area (Å²) in [5.74, 6) is -0.244. The third-order valence-corrected chi connectivity index (χ3v) is 2.71. The molecule has 3 heteroatoms. The first-order chi connectivity index (χ1) is 6.58. The summed E-state index contributed by atoms with van der Waals surface area (Å²) in [5, 5.41) is 0. The predicted molar refractivity (Wildman–Crippen MR) is 57.9 cm³/mol. The topological polar surface area (TPSA) is 26.3 Å². The Morgan fingerprint density at radius 3 is 2.36 bits per heavy atom. The molecule has 0 aromatic heterocycles. The van der Waals surface area contributed by atoms with Gasteiger partial charge in [0.1, 0.15) is 13.2 Å². The number of carbonyl (C=O) groups excluding carboxylic acids is 1. The predicted octanol–water partition coefficient (Wildman–Crippen LogP) is 1.59. The normalized spacial score (nSPS) is 12.0. The second-order valence-corrected chi connectivity index (χ2v) is 3.64. The Morgan fingerprint density at radius 1 is 1.36 bits per heavy atom. The van der Waals surface area contributed by atoms with Crippen molar-refractivity contribution in [1.82, 2.24) is 0 Å². The molecule has 0 unspecified atom stereocenters. The molecule has 0 aliphatic heterocycles. The van der Waals surface area contributed by atoms with Crippen LogP contribution in [0.3, 0.4) is 0 Å². The van der Waals surface area contributed by atoms with Crippen molar-refractivity contribution in [3.63, 3.8) is 0 Å². The van der Waals surface area contributed by atoms with Crippen molar-refractivity contribution in [1.29, 1.82) is 0 Å². The van der Waals surface area contributed by atoms with Crippen LogP contribution in [0.25, 0.3) is 0 Å². The van der Waals surface area contributed by atoms with Crippen LogP contribution >= 0.6 is 0 Å². The van der Waals surface area contributed by atoms with E-state index in [-0.39, 0.29) is 5.97 Å². The van der Waals surface area contributed by atoms with Gasteiger partial charge in [0, 0.05) is 6.08 Å². The first kappa shape index (κ1) is 13.2. The summed E-state index contributed by atoms with van der Waals surface area (Å²) in [6, 6.07) is 0. The fraction of sp³-hybridized carbons (Fsp3) is 0.727. The zero-order valence-corrected chi connectivity index (χ0v) is 9.75. The van der Waals surface area contributed by atoms with E-state index in [0.717, 1.165) is 24.1 Å². The van der Waals surface area contributed by atoms with E-state index in [1.165, 1.54) is 6.08 Å². The SMILES string of the molecule is CC=CC(=O)OCC[N+](C)(CC)CC. The fourth-order valence-corrected chi connectivity index (χ4v) is 1.09. The molecule has 0 radical (unpaired) electrons. The molecular weight excluding hydrogens is 178 g/mol. The van der Waals surface area contributed by atoms with E-state index in [4.69, 9.17) is 4.74 Å². The van der Waals surface area contributed by atoms with Gasteiger partial charge in [-0.1, -0.05) is 6.08 Å². The van der Waals surface area contributed by atoms with Crippen LogP contribution in [0.5, 0.6) is 0 Å². The minimum atomic E-state index is -0.244. The number of carbonyl (C=O) groups is 1. The average Bonchev–Trinajstić information content (AvgIpc) is 2.18. The summed E-state index contributed by atoms with van der Waals surface area (Å²) in [7, 11) is 2.17. The lowest BCUT2D eigenvalue weighted by Crippen LogP contribution is -2.46. The summed E-state index contributed by atoms with van der Waals surface area (Å²) in [4.78, 5) is 11.0. The molecular formula is C11H22NO2+. The molecule has 0 spiro atoms. The maximum atomic E-state index is 11.0. The minimum Gasteiger partial charge on any atom is -0.457 e. The summed E-state index contributed by atoms with van der Waals surface area (Å²) in [6.45, 7) is 9.63. The van der Waals surface area contributed by atoms with Crippen molar-refractivity contribution in [3.05, 3.63) is 12.2 Å². The largest absolute Gasteiger partial charge is 0.457 e. The lowest BCUT2D eigenvalue weighted by Gasteiger charge is -2.31. The van der Waals surface area contributed by atoms with Crippen molar-refractivity contribution < 1.29 is 14.0 Å². The highest BCUT2D eigenvalue weighted by Gasteiger charge is 2.16. The Labute approximate surface area is 86.9 Å². The van der Waals surface area contributed by atoms with Crippen molar-refractivity contribution in [3.8, 4) is 0 Å². The van der Waals surface area contributed by atoms with Gasteiger partial charge in [0.15, 0.2) is 0 Å². The number of esters is 1. The van der Waals surface area contributed by atoms with Crippen LogP contribution in [0.1, 0.15) is 20.8 Å². The molecule has 3 nitrogen and oxygen atoms in total. The third kappa shape index (κ3) is 5.02. The minimum absolute atomic E-state index is 0.244. The molecule has 0 aliphatic rings. The Bertz CT molecular complexity index is 195. The maximum absolute atomic E-state index is 11.0. The zero-order valence-electron chi connectivity index (χ0n) is 9.75. The number of allylic oxidation sites excluding steroid dienone is 1. The second-order valence-electron chi connectivity index (χ2n) is 3.64. The van der Waals surface area contributed by atoms with Gasteiger partial charge in [0.25, 0.3) is 0 Å². The first-order valence-corrected chi connectivity index (χ1v) is 5.21. The van der Waals surface area contributed by atoms with Gasteiger partial charge in [-0.05, 0) is 20.8 Å². The van der Waals surface area contributed by atoms with Crippen LogP contribution in [-0.2, 0) is 9.53 Å². The number of nitrogens with zero attached hydrogens (tertiary/aromatic N) is 1. The van der Waals surface area contributed by atoms with E-state index in [0.29, 0.717) is 6.61 Å². The summed E-state index contributed by atoms with van der Waals surface area (Å²) >= 11 is 0. The molecule has 0 amide bonds. The first-order valence-electron chi connectivity index (χ1n) is 5.21. The monoisotopic (exact) mass is 200 g/mol. The molecule has 0 bridgehead atoms. The maximum Gasteiger partial charge on any atom is 0.330 e. The van der Waals surface area contributed by atoms with Crippen molar-refractivity contribution in [2.45, 2.75) is 20.8 Å². The van der Waals surface area contributed by atoms with Gasteiger partial charge >= 0.3 is 5.97 Å². The number of hydrogen-bond donors (Lipinski definition) is 0. The van der Waals surface area contributed by atoms with Gasteiger partial charge in [-0.2, -0.15) is 0 Å². The summed E-state index contributed by atoms with van der Waals surface area (Å²) in [5.41, 5.74) is 0. The number of quaternary nitrogens is 1. The van der Waals surface area contributed by atoms with E-state index >= 15 is 0 Å². The molecule has 0 rings (SSSR count). The van der Waals surface area contributed by atoms with Gasteiger partial charge in [-0.15, -0.1) is 0 Å². The number of rotatable bonds is 6. The second kappa shape index (κ2) is 6.60. The van der Waals surface area contributed by atoms with Crippen molar-refractivity contribution in [2.24, 2.45) is 0 Å². The van der Waals surface area contributed by atoms with Crippen LogP contribution in [0.4, 0.5) is 0 Å². The third-order valence-electron chi connectivity index (χ3n) is 2.71. The highest BCUT2D eigenvalue weighted by Crippen LogP contribution is 2.00. The number of ether oxygens (including phenoxy) is 1. The van der Waals surface area contributed by atoms with Crippen molar-refractivity contribution in [2.75, 3.05) is 33.3 Å². The highest BCUT2D eigenvalue weighted by molar-refractivity contribution is 5.81. The smallest absolute Gasteiger partial charge is 0.330 e. The fourth-order valence-electron chi connectivity index (χ4n) is 1.09. The van der Waals surface area contributed by atoms with Gasteiger partial charge in [0.2, 0.25) is 0 Å². The lowest BCUT2D eigenvalue weighted by molar-refractivity contribution is -0.906. The quantitative estimate of drug-likeness (QED) is 0.370. The Morgan fingerprint density at radius 2 is 1.93 bits per heavy atom. The standard InChI is InChI=1S/C11H22NO2/c1-5-8-11(13)14-10-9-12(4,6-2)7-3/h5,8H,6-7,9-10H2,1-4H3/q+1. The van der Waals surface area contributed by atoms with E-state index in [2.05, 4.69) is 20.9 Å². The van der Waals surface area contributed by atoms with E-state index in [9.17, 15) is 4.79 Å². The summed E-state index contributed by atoms with van der Waals surface area (Å²) in [6.07, 6.45) is 3.14. The zero-order chi connectivity index (χ0) is 11.0. The molecule has 14 heavy (non-hydrogen) atoms. The lowest BCUT2D eigenvalue weighted by atomic mass is 10.4. The van der Waals surface area contributed by atoms with Crippen LogP contribution in [0.15, 0.2) is 12.2 Å².